The molecule has 0 aromatic carbocycles. The van der Waals surface area contributed by atoms with Crippen molar-refractivity contribution in [2.75, 3.05) is 0 Å². The highest BCUT2D eigenvalue weighted by Crippen LogP contribution is 2.15. The molecule has 1 aromatic heterocycles. The zero-order valence-corrected chi connectivity index (χ0v) is 10.1. The Morgan fingerprint density at radius 2 is 2.19 bits per heavy atom. The first-order valence-electron chi connectivity index (χ1n) is 4.70. The van der Waals surface area contributed by atoms with Crippen molar-refractivity contribution < 1.29 is 9.53 Å². The van der Waals surface area contributed by atoms with Gasteiger partial charge in [-0.1, -0.05) is 11.6 Å². The van der Waals surface area contributed by atoms with Crippen molar-refractivity contribution in [3.8, 4) is 0 Å². The number of hydrogen-bond acceptors (Lipinski definition) is 4. The summed E-state index contributed by atoms with van der Waals surface area (Å²) in [6.07, 6.45) is 2.61. The molecule has 0 aliphatic carbocycles. The van der Waals surface area contributed by atoms with Crippen molar-refractivity contribution in [1.82, 2.24) is 9.55 Å². The third kappa shape index (κ3) is 3.34. The fourth-order valence-electron chi connectivity index (χ4n) is 0.866. The summed E-state index contributed by atoms with van der Waals surface area (Å²) >= 11 is 5.66. The van der Waals surface area contributed by atoms with Crippen LogP contribution >= 0.6 is 11.6 Å². The molecule has 0 bridgehead atoms. The van der Waals surface area contributed by atoms with Gasteiger partial charge in [-0.3, -0.25) is 9.36 Å². The highest BCUT2D eigenvalue weighted by Gasteiger charge is 2.23. The summed E-state index contributed by atoms with van der Waals surface area (Å²) in [5.41, 5.74) is -1.11. The highest BCUT2D eigenvalue weighted by molar-refractivity contribution is 6.30. The van der Waals surface area contributed by atoms with Crippen molar-refractivity contribution in [2.45, 2.75) is 27.5 Å². The summed E-state index contributed by atoms with van der Waals surface area (Å²) in [6, 6.07) is 0. The Kier molecular flexibility index (Phi) is 3.70. The lowest BCUT2D eigenvalue weighted by molar-refractivity contribution is -0.157. The number of nitrogens with zero attached hydrogens (tertiary/aromatic N) is 2. The lowest BCUT2D eigenvalue weighted by Crippen LogP contribution is -2.28. The zero-order valence-electron chi connectivity index (χ0n) is 9.36. The molecule has 1 heterocycles. The minimum atomic E-state index is -0.602. The first-order valence-corrected chi connectivity index (χ1v) is 5.08. The molecular weight excluding hydrogens is 232 g/mol. The number of halogens is 1. The average molecular weight is 245 g/mol. The van der Waals surface area contributed by atoms with E-state index in [4.69, 9.17) is 16.3 Å². The second kappa shape index (κ2) is 4.65. The lowest BCUT2D eigenvalue weighted by atomic mass is 9.98. The van der Waals surface area contributed by atoms with Crippen molar-refractivity contribution >= 4 is 17.6 Å². The summed E-state index contributed by atoms with van der Waals surface area (Å²) in [5.74, 6) is -0.389. The van der Waals surface area contributed by atoms with E-state index in [0.29, 0.717) is 5.02 Å². The molecule has 0 spiro atoms. The van der Waals surface area contributed by atoms with Crippen LogP contribution in [0.15, 0.2) is 17.2 Å². The molecule has 6 heteroatoms. The van der Waals surface area contributed by atoms with Crippen molar-refractivity contribution in [1.29, 1.82) is 0 Å². The number of carbonyl (C=O) groups is 1. The van der Waals surface area contributed by atoms with Crippen LogP contribution in [0.4, 0.5) is 0 Å². The Balaban J connectivity index is 2.72. The molecule has 0 radical (unpaired) electrons. The number of aromatic nitrogens is 2. The van der Waals surface area contributed by atoms with Crippen LogP contribution in [0, 0.1) is 5.41 Å². The van der Waals surface area contributed by atoms with Gasteiger partial charge in [0.2, 0.25) is 0 Å². The lowest BCUT2D eigenvalue weighted by Gasteiger charge is -2.16. The second-order valence-electron chi connectivity index (χ2n) is 4.34. The molecule has 0 atom stereocenters. The van der Waals surface area contributed by atoms with Crippen LogP contribution in [0.3, 0.4) is 0 Å². The van der Waals surface area contributed by atoms with Gasteiger partial charge in [-0.15, -0.1) is 0 Å². The summed E-state index contributed by atoms with van der Waals surface area (Å²) in [7, 11) is 0. The van der Waals surface area contributed by atoms with Gasteiger partial charge in [0.15, 0.2) is 6.73 Å². The first-order chi connectivity index (χ1) is 7.30. The Morgan fingerprint density at radius 1 is 1.56 bits per heavy atom. The topological polar surface area (TPSA) is 61.2 Å². The molecular formula is C10H13ClN2O3. The van der Waals surface area contributed by atoms with Crippen LogP contribution in [-0.2, 0) is 16.3 Å². The maximum Gasteiger partial charge on any atom is 0.350 e. The summed E-state index contributed by atoms with van der Waals surface area (Å²) in [6.45, 7) is 5.01. The molecule has 5 nitrogen and oxygen atoms in total. The van der Waals surface area contributed by atoms with Crippen LogP contribution in [-0.4, -0.2) is 15.5 Å². The third-order valence-corrected chi connectivity index (χ3v) is 1.97. The predicted molar refractivity (Wildman–Crippen MR) is 59.1 cm³/mol. The van der Waals surface area contributed by atoms with E-state index in [1.165, 1.54) is 12.4 Å². The average Bonchev–Trinajstić information content (AvgIpc) is 2.17. The van der Waals surface area contributed by atoms with Gasteiger partial charge in [-0.05, 0) is 20.8 Å². The molecule has 0 saturated carbocycles. The molecule has 0 amide bonds. The highest BCUT2D eigenvalue weighted by atomic mass is 35.5. The number of hydrogen-bond donors (Lipinski definition) is 0. The third-order valence-electron chi connectivity index (χ3n) is 1.77. The van der Waals surface area contributed by atoms with Crippen molar-refractivity contribution in [3.05, 3.63) is 27.9 Å². The van der Waals surface area contributed by atoms with Gasteiger partial charge in [0.25, 0.3) is 0 Å². The first kappa shape index (κ1) is 12.7. The Bertz CT molecular complexity index is 448. The quantitative estimate of drug-likeness (QED) is 0.739. The van der Waals surface area contributed by atoms with Crippen molar-refractivity contribution in [3.63, 3.8) is 0 Å². The van der Waals surface area contributed by atoms with Gasteiger partial charge in [-0.25, -0.2) is 4.79 Å². The van der Waals surface area contributed by atoms with E-state index in [1.54, 1.807) is 20.8 Å². The molecule has 0 unspecified atom stereocenters. The maximum absolute atomic E-state index is 11.4. The molecule has 0 N–H and O–H groups in total. The SMILES string of the molecule is CC(C)(C)C(=O)OCn1cc(Cl)cnc1=O. The van der Waals surface area contributed by atoms with E-state index in [1.807, 2.05) is 0 Å². The van der Waals surface area contributed by atoms with Gasteiger partial charge in [0, 0.05) is 6.20 Å². The molecule has 16 heavy (non-hydrogen) atoms. The van der Waals surface area contributed by atoms with Gasteiger partial charge in [0.1, 0.15) is 0 Å². The van der Waals surface area contributed by atoms with E-state index in [9.17, 15) is 9.59 Å². The van der Waals surface area contributed by atoms with Gasteiger partial charge < -0.3 is 4.74 Å². The van der Waals surface area contributed by atoms with Crippen LogP contribution in [0.5, 0.6) is 0 Å². The van der Waals surface area contributed by atoms with Gasteiger partial charge >= 0.3 is 11.7 Å². The van der Waals surface area contributed by atoms with E-state index in [-0.39, 0.29) is 12.7 Å². The maximum atomic E-state index is 11.4. The molecule has 88 valence electrons. The molecule has 0 aliphatic rings. The number of esters is 1. The Labute approximate surface area is 98.0 Å². The van der Waals surface area contributed by atoms with Crippen molar-refractivity contribution in [2.24, 2.45) is 5.41 Å². The normalized spacial score (nSPS) is 11.2. The smallest absolute Gasteiger partial charge is 0.350 e. The fraction of sp³-hybridized carbons (Fsp3) is 0.500. The van der Waals surface area contributed by atoms with E-state index < -0.39 is 11.1 Å². The largest absolute Gasteiger partial charge is 0.443 e. The Morgan fingerprint density at radius 3 is 2.75 bits per heavy atom. The van der Waals surface area contributed by atoms with Gasteiger partial charge in [-0.2, -0.15) is 4.98 Å². The van der Waals surface area contributed by atoms with E-state index in [2.05, 4.69) is 4.98 Å². The monoisotopic (exact) mass is 244 g/mol. The predicted octanol–water partition coefficient (Wildman–Crippen LogP) is 1.44. The summed E-state index contributed by atoms with van der Waals surface area (Å²) in [4.78, 5) is 26.2. The number of carbonyl (C=O) groups excluding carboxylic acids is 1. The van der Waals surface area contributed by atoms with Crippen LogP contribution in [0.2, 0.25) is 5.02 Å². The molecule has 0 saturated heterocycles. The Hall–Kier alpha value is -1.36. The minimum Gasteiger partial charge on any atom is -0.443 e. The number of rotatable bonds is 2. The zero-order chi connectivity index (χ0) is 12.3. The summed E-state index contributed by atoms with van der Waals surface area (Å²) in [5, 5.41) is 0.311. The fourth-order valence-corrected chi connectivity index (χ4v) is 1.03. The summed E-state index contributed by atoms with van der Waals surface area (Å²) < 4.78 is 6.08. The minimum absolute atomic E-state index is 0.178. The van der Waals surface area contributed by atoms with E-state index >= 15 is 0 Å². The van der Waals surface area contributed by atoms with E-state index in [0.717, 1.165) is 4.57 Å². The number of ether oxygens (including phenoxy) is 1. The molecule has 1 rings (SSSR count). The van der Waals surface area contributed by atoms with Gasteiger partial charge in [0.05, 0.1) is 16.6 Å². The molecule has 0 fully saturated rings. The standard InChI is InChI=1S/C10H13ClN2O3/c1-10(2,3)8(14)16-6-13-5-7(11)4-12-9(13)15/h4-5H,6H2,1-3H3. The second-order valence-corrected chi connectivity index (χ2v) is 4.77. The molecule has 0 aliphatic heterocycles. The van der Waals surface area contributed by atoms with Crippen LogP contribution < -0.4 is 5.69 Å². The van der Waals surface area contributed by atoms with Crippen LogP contribution in [0.1, 0.15) is 20.8 Å². The molecule has 1 aromatic rings. The van der Waals surface area contributed by atoms with Crippen LogP contribution in [0.25, 0.3) is 0 Å².